The molecule has 1 amide bonds. The lowest BCUT2D eigenvalue weighted by molar-refractivity contribution is -0.144. The zero-order chi connectivity index (χ0) is 19.3. The van der Waals surface area contributed by atoms with Gasteiger partial charge in [0.05, 0.1) is 25.7 Å². The molecule has 1 N–H and O–H groups in total. The standard InChI is InChI=1S/C18H32N2O5/c1-8-10-19-13(11-15(21)23-9-2)14-12-24-18(6,7)20(14)16(22)25-17(3,4)5/h8,13-14,19H,1,9-12H2,2-7H3/t13-,14-/m0/s1. The summed E-state index contributed by atoms with van der Waals surface area (Å²) in [5.74, 6) is -0.321. The fourth-order valence-electron chi connectivity index (χ4n) is 2.77. The van der Waals surface area contributed by atoms with Crippen molar-refractivity contribution >= 4 is 12.1 Å². The Morgan fingerprint density at radius 2 is 2.08 bits per heavy atom. The number of esters is 1. The van der Waals surface area contributed by atoms with Crippen molar-refractivity contribution in [1.82, 2.24) is 10.2 Å². The van der Waals surface area contributed by atoms with Gasteiger partial charge in [-0.15, -0.1) is 6.58 Å². The number of hydrogen-bond donors (Lipinski definition) is 1. The molecular formula is C18H32N2O5. The Kier molecular flexibility index (Phi) is 7.44. The highest BCUT2D eigenvalue weighted by atomic mass is 16.6. The summed E-state index contributed by atoms with van der Waals surface area (Å²) in [7, 11) is 0. The van der Waals surface area contributed by atoms with Gasteiger partial charge in [0.15, 0.2) is 0 Å². The van der Waals surface area contributed by atoms with E-state index in [2.05, 4.69) is 11.9 Å². The second kappa shape index (κ2) is 8.67. The molecule has 1 saturated heterocycles. The third-order valence-electron chi connectivity index (χ3n) is 3.79. The molecular weight excluding hydrogens is 324 g/mol. The monoisotopic (exact) mass is 356 g/mol. The minimum absolute atomic E-state index is 0.130. The first-order valence-corrected chi connectivity index (χ1v) is 8.68. The summed E-state index contributed by atoms with van der Waals surface area (Å²) in [4.78, 5) is 26.3. The van der Waals surface area contributed by atoms with Crippen LogP contribution in [0.5, 0.6) is 0 Å². The van der Waals surface area contributed by atoms with Crippen molar-refractivity contribution in [1.29, 1.82) is 0 Å². The van der Waals surface area contributed by atoms with E-state index >= 15 is 0 Å². The lowest BCUT2D eigenvalue weighted by Gasteiger charge is -2.37. The van der Waals surface area contributed by atoms with Gasteiger partial charge in [0.25, 0.3) is 0 Å². The van der Waals surface area contributed by atoms with Crippen LogP contribution in [0.2, 0.25) is 0 Å². The van der Waals surface area contributed by atoms with Gasteiger partial charge in [-0.2, -0.15) is 0 Å². The van der Waals surface area contributed by atoms with Crippen LogP contribution in [-0.4, -0.2) is 60.1 Å². The predicted octanol–water partition coefficient (Wildman–Crippen LogP) is 2.46. The smallest absolute Gasteiger partial charge is 0.412 e. The Hall–Kier alpha value is -1.60. The highest BCUT2D eigenvalue weighted by molar-refractivity contribution is 5.72. The van der Waals surface area contributed by atoms with Gasteiger partial charge < -0.3 is 19.5 Å². The Morgan fingerprint density at radius 1 is 1.44 bits per heavy atom. The van der Waals surface area contributed by atoms with E-state index in [1.807, 2.05) is 34.6 Å². The molecule has 0 saturated carbocycles. The summed E-state index contributed by atoms with van der Waals surface area (Å²) in [6, 6.07) is -0.680. The minimum Gasteiger partial charge on any atom is -0.466 e. The maximum atomic E-state index is 12.7. The van der Waals surface area contributed by atoms with Crippen molar-refractivity contribution in [3.05, 3.63) is 12.7 Å². The molecule has 1 rings (SSSR count). The van der Waals surface area contributed by atoms with Crippen molar-refractivity contribution in [2.24, 2.45) is 0 Å². The van der Waals surface area contributed by atoms with E-state index in [1.165, 1.54) is 0 Å². The number of ether oxygens (including phenoxy) is 3. The van der Waals surface area contributed by atoms with Crippen LogP contribution < -0.4 is 5.32 Å². The van der Waals surface area contributed by atoms with Gasteiger partial charge in [0, 0.05) is 12.6 Å². The molecule has 1 heterocycles. The molecule has 0 aromatic carbocycles. The van der Waals surface area contributed by atoms with E-state index in [1.54, 1.807) is 17.9 Å². The predicted molar refractivity (Wildman–Crippen MR) is 95.1 cm³/mol. The first-order valence-electron chi connectivity index (χ1n) is 8.68. The molecule has 0 aromatic rings. The highest BCUT2D eigenvalue weighted by Crippen LogP contribution is 2.31. The highest BCUT2D eigenvalue weighted by Gasteiger charge is 2.48. The van der Waals surface area contributed by atoms with Crippen LogP contribution in [0.1, 0.15) is 48.0 Å². The maximum Gasteiger partial charge on any atom is 0.412 e. The lowest BCUT2D eigenvalue weighted by atomic mass is 10.0. The largest absolute Gasteiger partial charge is 0.466 e. The zero-order valence-corrected chi connectivity index (χ0v) is 16.3. The van der Waals surface area contributed by atoms with Gasteiger partial charge in [-0.05, 0) is 41.5 Å². The zero-order valence-electron chi connectivity index (χ0n) is 16.3. The van der Waals surface area contributed by atoms with E-state index in [4.69, 9.17) is 14.2 Å². The molecule has 25 heavy (non-hydrogen) atoms. The van der Waals surface area contributed by atoms with Crippen LogP contribution in [0.25, 0.3) is 0 Å². The average Bonchev–Trinajstić information content (AvgIpc) is 2.77. The van der Waals surface area contributed by atoms with Crippen LogP contribution in [0.15, 0.2) is 12.7 Å². The van der Waals surface area contributed by atoms with E-state index in [0.717, 1.165) is 0 Å². The van der Waals surface area contributed by atoms with Crippen molar-refractivity contribution in [2.45, 2.75) is 71.4 Å². The molecule has 0 radical (unpaired) electrons. The molecule has 0 aliphatic carbocycles. The van der Waals surface area contributed by atoms with E-state index in [0.29, 0.717) is 19.8 Å². The van der Waals surface area contributed by atoms with Crippen molar-refractivity contribution in [3.63, 3.8) is 0 Å². The van der Waals surface area contributed by atoms with Crippen LogP contribution >= 0.6 is 0 Å². The van der Waals surface area contributed by atoms with Gasteiger partial charge in [-0.3, -0.25) is 9.69 Å². The van der Waals surface area contributed by atoms with E-state index < -0.39 is 17.4 Å². The number of amides is 1. The second-order valence-electron chi connectivity index (χ2n) is 7.49. The van der Waals surface area contributed by atoms with Crippen molar-refractivity contribution < 1.29 is 23.8 Å². The van der Waals surface area contributed by atoms with Gasteiger partial charge in [-0.1, -0.05) is 6.08 Å². The molecule has 2 atom stereocenters. The molecule has 7 heteroatoms. The molecule has 1 aliphatic heterocycles. The number of carbonyl (C=O) groups excluding carboxylic acids is 2. The lowest BCUT2D eigenvalue weighted by Crippen LogP contribution is -2.56. The van der Waals surface area contributed by atoms with Gasteiger partial charge >= 0.3 is 12.1 Å². The normalized spacial score (nSPS) is 20.9. The number of nitrogens with one attached hydrogen (secondary N) is 1. The van der Waals surface area contributed by atoms with Gasteiger partial charge in [-0.25, -0.2) is 4.79 Å². The molecule has 7 nitrogen and oxygen atoms in total. The Balaban J connectivity index is 3.02. The Morgan fingerprint density at radius 3 is 2.60 bits per heavy atom. The Bertz CT molecular complexity index is 484. The third-order valence-corrected chi connectivity index (χ3v) is 3.79. The number of rotatable bonds is 7. The SMILES string of the molecule is C=CCN[C@@H](CC(=O)OCC)[C@@H]1COC(C)(C)N1C(=O)OC(C)(C)C. The third kappa shape index (κ3) is 6.32. The molecule has 0 unspecified atom stereocenters. The van der Waals surface area contributed by atoms with Crippen LogP contribution in [0.3, 0.4) is 0 Å². The number of hydrogen-bond acceptors (Lipinski definition) is 6. The quantitative estimate of drug-likeness (QED) is 0.558. The Labute approximate surface area is 150 Å². The molecule has 144 valence electrons. The van der Waals surface area contributed by atoms with Crippen molar-refractivity contribution in [2.75, 3.05) is 19.8 Å². The van der Waals surface area contributed by atoms with Crippen LogP contribution in [0.4, 0.5) is 4.79 Å². The molecule has 1 aliphatic rings. The fourth-order valence-corrected chi connectivity index (χ4v) is 2.77. The van der Waals surface area contributed by atoms with Crippen molar-refractivity contribution in [3.8, 4) is 0 Å². The molecule has 1 fully saturated rings. The molecule has 0 aromatic heterocycles. The summed E-state index contributed by atoms with van der Waals surface area (Å²) < 4.78 is 16.4. The van der Waals surface area contributed by atoms with Crippen LogP contribution in [0, 0.1) is 0 Å². The topological polar surface area (TPSA) is 77.1 Å². The maximum absolute atomic E-state index is 12.7. The molecule has 0 spiro atoms. The molecule has 0 bridgehead atoms. The van der Waals surface area contributed by atoms with Crippen LogP contribution in [-0.2, 0) is 19.0 Å². The summed E-state index contributed by atoms with van der Waals surface area (Å²) in [6.07, 6.45) is 1.37. The first-order chi connectivity index (χ1) is 11.5. The van der Waals surface area contributed by atoms with E-state index in [-0.39, 0.29) is 24.5 Å². The summed E-state index contributed by atoms with van der Waals surface area (Å²) in [5.41, 5.74) is -1.44. The average molecular weight is 356 g/mol. The minimum atomic E-state index is -0.824. The first kappa shape index (κ1) is 21.4. The second-order valence-corrected chi connectivity index (χ2v) is 7.49. The number of nitrogens with zero attached hydrogens (tertiary/aromatic N) is 1. The fraction of sp³-hybridized carbons (Fsp3) is 0.778. The van der Waals surface area contributed by atoms with Gasteiger partial charge in [0.1, 0.15) is 11.3 Å². The summed E-state index contributed by atoms with van der Waals surface area (Å²) in [6.45, 7) is 15.6. The summed E-state index contributed by atoms with van der Waals surface area (Å²) >= 11 is 0. The van der Waals surface area contributed by atoms with E-state index in [9.17, 15) is 9.59 Å². The van der Waals surface area contributed by atoms with Gasteiger partial charge in [0.2, 0.25) is 0 Å². The summed E-state index contributed by atoms with van der Waals surface area (Å²) in [5, 5.41) is 3.24. The number of carbonyl (C=O) groups is 2.